The van der Waals surface area contributed by atoms with Crippen LogP contribution in [0.1, 0.15) is 110 Å². The summed E-state index contributed by atoms with van der Waals surface area (Å²) in [6.07, 6.45) is 19.9. The molecule has 1 heterocycles. The van der Waals surface area contributed by atoms with Gasteiger partial charge in [0.05, 0.1) is 26.2 Å². The monoisotopic (exact) mass is 424 g/mol. The largest absolute Gasteiger partial charge is 0.466 e. The highest BCUT2D eigenvalue weighted by Crippen LogP contribution is 2.20. The van der Waals surface area contributed by atoms with E-state index in [2.05, 4.69) is 18.5 Å². The van der Waals surface area contributed by atoms with Crippen molar-refractivity contribution in [3.63, 3.8) is 0 Å². The first-order chi connectivity index (χ1) is 14.7. The lowest BCUT2D eigenvalue weighted by atomic mass is 10.0. The van der Waals surface area contributed by atoms with Gasteiger partial charge in [-0.2, -0.15) is 0 Å². The molecule has 1 N–H and O–H groups in total. The predicted octanol–water partition coefficient (Wildman–Crippen LogP) is 5.83. The Balaban J connectivity index is 1.84. The van der Waals surface area contributed by atoms with E-state index >= 15 is 0 Å². The number of hydrogen-bond acceptors (Lipinski definition) is 5. The average molecular weight is 425 g/mol. The van der Waals surface area contributed by atoms with Crippen LogP contribution in [-0.4, -0.2) is 53.9 Å². The Labute approximate surface area is 185 Å². The van der Waals surface area contributed by atoms with Gasteiger partial charge in [0.2, 0.25) is 0 Å². The summed E-state index contributed by atoms with van der Waals surface area (Å²) in [7, 11) is 0. The van der Waals surface area contributed by atoms with Crippen molar-refractivity contribution in [1.29, 1.82) is 0 Å². The minimum atomic E-state index is -0.119. The Kier molecular flexibility index (Phi) is 16.8. The molecule has 1 rings (SSSR count). The van der Waals surface area contributed by atoms with Crippen molar-refractivity contribution < 1.29 is 14.6 Å². The quantitative estimate of drug-likeness (QED) is 0.197. The SMILES string of the molecule is C=C1CCN(CCC(=O)OCCCCCCCCCCCCCCCC)N1CCO. The number of rotatable bonds is 20. The number of β-amino-alcohol motifs (C(OH)–C–C–N with tert-alkyl or cyclic N) is 1. The van der Waals surface area contributed by atoms with E-state index in [4.69, 9.17) is 9.84 Å². The van der Waals surface area contributed by atoms with Gasteiger partial charge in [-0.3, -0.25) is 4.79 Å². The number of nitrogens with zero attached hydrogens (tertiary/aromatic N) is 2. The minimum Gasteiger partial charge on any atom is -0.466 e. The fourth-order valence-electron chi connectivity index (χ4n) is 4.11. The lowest BCUT2D eigenvalue weighted by molar-refractivity contribution is -0.144. The second-order valence-electron chi connectivity index (χ2n) is 8.68. The van der Waals surface area contributed by atoms with Crippen molar-refractivity contribution in [2.45, 2.75) is 110 Å². The zero-order valence-electron chi connectivity index (χ0n) is 19.7. The number of esters is 1. The number of carbonyl (C=O) groups excluding carboxylic acids is 1. The molecule has 0 aromatic heterocycles. The lowest BCUT2D eigenvalue weighted by Crippen LogP contribution is -2.38. The Morgan fingerprint density at radius 2 is 1.43 bits per heavy atom. The van der Waals surface area contributed by atoms with Gasteiger partial charge < -0.3 is 14.9 Å². The molecule has 1 aliphatic rings. The molecule has 5 heteroatoms. The van der Waals surface area contributed by atoms with Gasteiger partial charge in [0.1, 0.15) is 0 Å². The van der Waals surface area contributed by atoms with Crippen LogP contribution in [-0.2, 0) is 9.53 Å². The number of aliphatic hydroxyl groups excluding tert-OH is 1. The summed E-state index contributed by atoms with van der Waals surface area (Å²) in [6, 6.07) is 0. The highest BCUT2D eigenvalue weighted by Gasteiger charge is 2.24. The maximum absolute atomic E-state index is 11.9. The first-order valence-electron chi connectivity index (χ1n) is 12.7. The number of unbranched alkanes of at least 4 members (excludes halogenated alkanes) is 13. The minimum absolute atomic E-state index is 0.0963. The number of ether oxygens (including phenoxy) is 1. The molecule has 0 atom stereocenters. The van der Waals surface area contributed by atoms with Crippen LogP contribution in [0, 0.1) is 0 Å². The van der Waals surface area contributed by atoms with Crippen LogP contribution in [0.5, 0.6) is 0 Å². The van der Waals surface area contributed by atoms with E-state index in [1.165, 1.54) is 77.0 Å². The van der Waals surface area contributed by atoms with Gasteiger partial charge in [0, 0.05) is 25.2 Å². The molecular formula is C25H48N2O3. The molecule has 0 saturated carbocycles. The smallest absolute Gasteiger partial charge is 0.307 e. The normalized spacial score (nSPS) is 14.6. The van der Waals surface area contributed by atoms with Gasteiger partial charge in [-0.05, 0) is 6.42 Å². The third-order valence-electron chi connectivity index (χ3n) is 6.01. The van der Waals surface area contributed by atoms with Crippen LogP contribution in [0.3, 0.4) is 0 Å². The molecule has 0 amide bonds. The summed E-state index contributed by atoms with van der Waals surface area (Å²) >= 11 is 0. The first kappa shape index (κ1) is 27.0. The van der Waals surface area contributed by atoms with Gasteiger partial charge in [0.15, 0.2) is 0 Å². The third kappa shape index (κ3) is 13.3. The molecular weight excluding hydrogens is 376 g/mol. The van der Waals surface area contributed by atoms with E-state index in [0.29, 0.717) is 26.1 Å². The van der Waals surface area contributed by atoms with Crippen LogP contribution in [0.4, 0.5) is 0 Å². The van der Waals surface area contributed by atoms with Gasteiger partial charge in [-0.15, -0.1) is 0 Å². The van der Waals surface area contributed by atoms with E-state index < -0.39 is 0 Å². The van der Waals surface area contributed by atoms with Crippen LogP contribution in [0.25, 0.3) is 0 Å². The van der Waals surface area contributed by atoms with Gasteiger partial charge in [0.25, 0.3) is 0 Å². The van der Waals surface area contributed by atoms with Crippen molar-refractivity contribution in [3.05, 3.63) is 12.3 Å². The maximum atomic E-state index is 11.9. The van der Waals surface area contributed by atoms with Crippen LogP contribution in [0.15, 0.2) is 12.3 Å². The molecule has 5 nitrogen and oxygen atoms in total. The van der Waals surface area contributed by atoms with Gasteiger partial charge in [-0.1, -0.05) is 97.0 Å². The van der Waals surface area contributed by atoms with Crippen molar-refractivity contribution >= 4 is 5.97 Å². The summed E-state index contributed by atoms with van der Waals surface area (Å²) in [5.74, 6) is -0.119. The fraction of sp³-hybridized carbons (Fsp3) is 0.880. The highest BCUT2D eigenvalue weighted by molar-refractivity contribution is 5.69. The molecule has 30 heavy (non-hydrogen) atoms. The average Bonchev–Trinajstić information content (AvgIpc) is 3.09. The molecule has 1 aliphatic heterocycles. The van der Waals surface area contributed by atoms with E-state index in [1.54, 1.807) is 0 Å². The third-order valence-corrected chi connectivity index (χ3v) is 6.01. The van der Waals surface area contributed by atoms with Gasteiger partial charge in [-0.25, -0.2) is 5.01 Å². The Morgan fingerprint density at radius 3 is 1.97 bits per heavy atom. The van der Waals surface area contributed by atoms with E-state index in [1.807, 2.05) is 5.01 Å². The summed E-state index contributed by atoms with van der Waals surface area (Å²) in [5.41, 5.74) is 1.01. The maximum Gasteiger partial charge on any atom is 0.307 e. The summed E-state index contributed by atoms with van der Waals surface area (Å²) in [6.45, 7) is 8.98. The molecule has 0 aromatic carbocycles. The topological polar surface area (TPSA) is 53.0 Å². The summed E-state index contributed by atoms with van der Waals surface area (Å²) < 4.78 is 5.38. The molecule has 0 unspecified atom stereocenters. The van der Waals surface area contributed by atoms with Crippen molar-refractivity contribution in [2.75, 3.05) is 32.8 Å². The standard InChI is InChI=1S/C25H48N2O3/c1-3-4-5-6-7-8-9-10-11-12-13-14-15-16-23-30-25(29)18-20-26-19-17-24(2)27(26)21-22-28/h28H,2-23H2,1H3. The molecule has 0 spiro atoms. The molecule has 0 aromatic rings. The number of hydrogen-bond donors (Lipinski definition) is 1. The molecule has 0 bridgehead atoms. The fourth-order valence-corrected chi connectivity index (χ4v) is 4.11. The molecule has 1 saturated heterocycles. The summed E-state index contributed by atoms with van der Waals surface area (Å²) in [4.78, 5) is 11.9. The molecule has 1 fully saturated rings. The second kappa shape index (κ2) is 18.7. The van der Waals surface area contributed by atoms with E-state index in [9.17, 15) is 4.79 Å². The van der Waals surface area contributed by atoms with Crippen molar-refractivity contribution in [3.8, 4) is 0 Å². The van der Waals surface area contributed by atoms with Crippen LogP contribution >= 0.6 is 0 Å². The number of carbonyl (C=O) groups is 1. The zero-order valence-corrected chi connectivity index (χ0v) is 19.7. The highest BCUT2D eigenvalue weighted by atomic mass is 16.5. The Bertz CT molecular complexity index is 442. The van der Waals surface area contributed by atoms with E-state index in [-0.39, 0.29) is 12.6 Å². The second-order valence-corrected chi connectivity index (χ2v) is 8.68. The molecule has 176 valence electrons. The molecule has 0 radical (unpaired) electrons. The van der Waals surface area contributed by atoms with Crippen molar-refractivity contribution in [1.82, 2.24) is 10.0 Å². The first-order valence-corrected chi connectivity index (χ1v) is 12.7. The Hall–Kier alpha value is -1.07. The van der Waals surface area contributed by atoms with Gasteiger partial charge >= 0.3 is 5.97 Å². The van der Waals surface area contributed by atoms with Crippen molar-refractivity contribution in [2.24, 2.45) is 0 Å². The molecule has 0 aliphatic carbocycles. The van der Waals surface area contributed by atoms with E-state index in [0.717, 1.165) is 31.5 Å². The van der Waals surface area contributed by atoms with Crippen LogP contribution in [0.2, 0.25) is 0 Å². The zero-order chi connectivity index (χ0) is 21.9. The number of hydrazine groups is 1. The summed E-state index contributed by atoms with van der Waals surface area (Å²) in [5, 5.41) is 13.2. The Morgan fingerprint density at radius 1 is 0.900 bits per heavy atom. The predicted molar refractivity (Wildman–Crippen MR) is 125 cm³/mol. The lowest BCUT2D eigenvalue weighted by Gasteiger charge is -2.29. The number of aliphatic hydroxyl groups is 1. The van der Waals surface area contributed by atoms with Crippen LogP contribution < -0.4 is 0 Å².